The Balaban J connectivity index is 2.06. The van der Waals surface area contributed by atoms with Crippen molar-refractivity contribution in [2.24, 2.45) is 0 Å². The van der Waals surface area contributed by atoms with E-state index >= 15 is 0 Å². The molecular weight excluding hydrogens is 330 g/mol. The van der Waals surface area contributed by atoms with E-state index in [0.29, 0.717) is 10.8 Å². The summed E-state index contributed by atoms with van der Waals surface area (Å²) in [6.07, 6.45) is 5.32. The molecule has 0 atom stereocenters. The summed E-state index contributed by atoms with van der Waals surface area (Å²) in [4.78, 5) is 0.439. The molecule has 0 spiro atoms. The summed E-state index contributed by atoms with van der Waals surface area (Å²) in [5.41, 5.74) is 5.19. The number of hydrogen-bond acceptors (Lipinski definition) is 2. The molecule has 3 rings (SSSR count). The zero-order valence-corrected chi connectivity index (χ0v) is 16.5. The molecule has 0 aromatic heterocycles. The standard InChI is InChI=1S/C21H29NO2S/c1-14(2)17-11-10-15(3)21-19(13-17)16(4)12-20(21)25(23,24)22-18-8-6-5-7-9-18/h10-14,18,22H,5-9H2,1-4H3. The quantitative estimate of drug-likeness (QED) is 0.821. The predicted octanol–water partition coefficient (Wildman–Crippen LogP) is 5.14. The van der Waals surface area contributed by atoms with Gasteiger partial charge in [-0.25, -0.2) is 13.1 Å². The van der Waals surface area contributed by atoms with Crippen molar-refractivity contribution >= 4 is 10.0 Å². The highest BCUT2D eigenvalue weighted by molar-refractivity contribution is 7.89. The Bertz CT molecular complexity index is 833. The molecule has 0 heterocycles. The topological polar surface area (TPSA) is 46.2 Å². The maximum absolute atomic E-state index is 13.1. The van der Waals surface area contributed by atoms with Gasteiger partial charge in [0.05, 0.1) is 4.90 Å². The van der Waals surface area contributed by atoms with E-state index in [1.165, 1.54) is 12.0 Å². The first kappa shape index (κ1) is 18.4. The van der Waals surface area contributed by atoms with E-state index in [-0.39, 0.29) is 6.04 Å². The van der Waals surface area contributed by atoms with Crippen molar-refractivity contribution in [1.82, 2.24) is 4.72 Å². The van der Waals surface area contributed by atoms with Crippen molar-refractivity contribution in [1.29, 1.82) is 0 Å². The van der Waals surface area contributed by atoms with Gasteiger partial charge in [0.2, 0.25) is 10.0 Å². The second-order valence-corrected chi connectivity index (χ2v) is 9.43. The maximum Gasteiger partial charge on any atom is 0.241 e. The number of hydrogen-bond donors (Lipinski definition) is 1. The molecule has 25 heavy (non-hydrogen) atoms. The average molecular weight is 360 g/mol. The highest BCUT2D eigenvalue weighted by Gasteiger charge is 2.28. The van der Waals surface area contributed by atoms with Crippen molar-refractivity contribution in [3.63, 3.8) is 0 Å². The first-order chi connectivity index (χ1) is 11.8. The first-order valence-corrected chi connectivity index (χ1v) is 10.8. The average Bonchev–Trinajstić information content (AvgIpc) is 2.78. The van der Waals surface area contributed by atoms with Gasteiger partial charge in [-0.15, -0.1) is 0 Å². The smallest absolute Gasteiger partial charge is 0.208 e. The van der Waals surface area contributed by atoms with E-state index in [9.17, 15) is 8.42 Å². The zero-order chi connectivity index (χ0) is 18.2. The monoisotopic (exact) mass is 359 g/mol. The lowest BCUT2D eigenvalue weighted by molar-refractivity contribution is 0.412. The molecule has 1 saturated carbocycles. The summed E-state index contributed by atoms with van der Waals surface area (Å²) in [5, 5.41) is 0. The normalized spacial score (nSPS) is 16.7. The van der Waals surface area contributed by atoms with Crippen molar-refractivity contribution in [2.75, 3.05) is 0 Å². The fraction of sp³-hybridized carbons (Fsp3) is 0.524. The Kier molecular flexibility index (Phi) is 5.21. The first-order valence-electron chi connectivity index (χ1n) is 9.36. The summed E-state index contributed by atoms with van der Waals surface area (Å²) in [7, 11) is -3.50. The van der Waals surface area contributed by atoms with Crippen molar-refractivity contribution in [2.45, 2.75) is 76.7 Å². The minimum absolute atomic E-state index is 0.0769. The molecule has 1 N–H and O–H groups in total. The highest BCUT2D eigenvalue weighted by Crippen LogP contribution is 2.38. The van der Waals surface area contributed by atoms with E-state index in [2.05, 4.69) is 36.8 Å². The lowest BCUT2D eigenvalue weighted by Crippen LogP contribution is -2.36. The van der Waals surface area contributed by atoms with E-state index in [0.717, 1.165) is 47.9 Å². The largest absolute Gasteiger partial charge is 0.241 e. The van der Waals surface area contributed by atoms with Gasteiger partial charge in [-0.3, -0.25) is 0 Å². The molecule has 0 radical (unpaired) electrons. The van der Waals surface area contributed by atoms with Gasteiger partial charge < -0.3 is 0 Å². The molecule has 0 aliphatic heterocycles. The third-order valence-electron chi connectivity index (χ3n) is 5.40. The summed E-state index contributed by atoms with van der Waals surface area (Å²) >= 11 is 0. The second kappa shape index (κ2) is 7.08. The van der Waals surface area contributed by atoms with Gasteiger partial charge in [0.1, 0.15) is 0 Å². The molecule has 1 fully saturated rings. The van der Waals surface area contributed by atoms with Crippen LogP contribution in [0.4, 0.5) is 0 Å². The second-order valence-electron chi connectivity index (χ2n) is 7.75. The summed E-state index contributed by atoms with van der Waals surface area (Å²) in [6.45, 7) is 8.34. The van der Waals surface area contributed by atoms with Gasteiger partial charge in [0.15, 0.2) is 0 Å². The Morgan fingerprint density at radius 2 is 1.68 bits per heavy atom. The van der Waals surface area contributed by atoms with Gasteiger partial charge in [-0.05, 0) is 60.9 Å². The number of rotatable bonds is 4. The van der Waals surface area contributed by atoms with Crippen LogP contribution in [0.5, 0.6) is 0 Å². The van der Waals surface area contributed by atoms with Crippen molar-refractivity contribution in [3.8, 4) is 11.1 Å². The molecule has 0 unspecified atom stereocenters. The third kappa shape index (κ3) is 3.75. The van der Waals surface area contributed by atoms with Gasteiger partial charge in [-0.2, -0.15) is 0 Å². The van der Waals surface area contributed by atoms with Gasteiger partial charge in [-0.1, -0.05) is 51.3 Å². The molecule has 136 valence electrons. The number of fused-ring (bicyclic) bond motifs is 1. The molecule has 3 nitrogen and oxygen atoms in total. The Labute approximate surface area is 152 Å². The van der Waals surface area contributed by atoms with Crippen LogP contribution in [0.15, 0.2) is 29.2 Å². The van der Waals surface area contributed by atoms with E-state index in [1.807, 2.05) is 19.9 Å². The number of nitrogens with one attached hydrogen (secondary N) is 1. The summed E-state index contributed by atoms with van der Waals surface area (Å²) < 4.78 is 29.1. The van der Waals surface area contributed by atoms with Crippen LogP contribution in [-0.2, 0) is 10.0 Å². The molecule has 0 aromatic carbocycles. The molecule has 3 aliphatic rings. The Morgan fingerprint density at radius 3 is 2.32 bits per heavy atom. The van der Waals surface area contributed by atoms with Crippen LogP contribution in [0.1, 0.15) is 68.6 Å². The molecule has 4 heteroatoms. The number of aryl methyl sites for hydroxylation is 2. The summed E-state index contributed by atoms with van der Waals surface area (Å²) in [5.74, 6) is 0.407. The van der Waals surface area contributed by atoms with Crippen LogP contribution in [0.3, 0.4) is 0 Å². The SMILES string of the molecule is Cc1cc(S(=O)(=O)NC2CCCCC2)c2c(C)ccc(C(C)C)cc1-2. The lowest BCUT2D eigenvalue weighted by Gasteiger charge is -2.22. The van der Waals surface area contributed by atoms with Crippen LogP contribution < -0.4 is 4.72 Å². The molecular formula is C21H29NO2S. The Morgan fingerprint density at radius 1 is 1.00 bits per heavy atom. The predicted molar refractivity (Wildman–Crippen MR) is 104 cm³/mol. The van der Waals surface area contributed by atoms with Crippen LogP contribution >= 0.6 is 0 Å². The number of sulfonamides is 1. The molecule has 0 aromatic rings. The van der Waals surface area contributed by atoms with Crippen LogP contribution in [0, 0.1) is 13.8 Å². The van der Waals surface area contributed by atoms with Crippen molar-refractivity contribution < 1.29 is 8.42 Å². The highest BCUT2D eigenvalue weighted by atomic mass is 32.2. The molecule has 0 amide bonds. The van der Waals surface area contributed by atoms with Gasteiger partial charge in [0.25, 0.3) is 0 Å². The fourth-order valence-corrected chi connectivity index (χ4v) is 5.54. The lowest BCUT2D eigenvalue weighted by atomic mass is 9.96. The van der Waals surface area contributed by atoms with Gasteiger partial charge in [0, 0.05) is 11.6 Å². The molecule has 0 saturated heterocycles. The molecule has 3 aliphatic carbocycles. The van der Waals surface area contributed by atoms with Crippen LogP contribution in [-0.4, -0.2) is 14.5 Å². The molecule has 0 bridgehead atoms. The summed E-state index contributed by atoms with van der Waals surface area (Å²) in [6, 6.07) is 8.24. The zero-order valence-electron chi connectivity index (χ0n) is 15.7. The third-order valence-corrected chi connectivity index (χ3v) is 6.95. The fourth-order valence-electron chi connectivity index (χ4n) is 3.86. The van der Waals surface area contributed by atoms with E-state index in [1.54, 1.807) is 0 Å². The minimum Gasteiger partial charge on any atom is -0.208 e. The van der Waals surface area contributed by atoms with Gasteiger partial charge >= 0.3 is 0 Å². The van der Waals surface area contributed by atoms with Crippen LogP contribution in [0.25, 0.3) is 11.1 Å². The van der Waals surface area contributed by atoms with Crippen molar-refractivity contribution in [3.05, 3.63) is 41.0 Å². The maximum atomic E-state index is 13.1. The van der Waals surface area contributed by atoms with E-state index < -0.39 is 10.0 Å². The van der Waals surface area contributed by atoms with Crippen LogP contribution in [0.2, 0.25) is 0 Å². The van der Waals surface area contributed by atoms with E-state index in [4.69, 9.17) is 0 Å². The Hall–Kier alpha value is -1.39. The minimum atomic E-state index is -3.50.